The molecule has 5 nitrogen and oxygen atoms in total. The van der Waals surface area contributed by atoms with Gasteiger partial charge in [-0.2, -0.15) is 0 Å². The van der Waals surface area contributed by atoms with E-state index < -0.39 is 0 Å². The summed E-state index contributed by atoms with van der Waals surface area (Å²) in [6.45, 7) is 4.94. The maximum Gasteiger partial charge on any atom is 0.253 e. The number of hydrogen-bond donors (Lipinski definition) is 1. The van der Waals surface area contributed by atoms with Crippen LogP contribution in [0.2, 0.25) is 0 Å². The first kappa shape index (κ1) is 18.9. The number of nitrogens with zero attached hydrogens (tertiary/aromatic N) is 1. The van der Waals surface area contributed by atoms with Gasteiger partial charge in [-0.15, -0.1) is 0 Å². The van der Waals surface area contributed by atoms with Crippen LogP contribution < -0.4 is 5.32 Å². The lowest BCUT2D eigenvalue weighted by Crippen LogP contribution is -2.35. The molecule has 0 spiro atoms. The molecule has 1 unspecified atom stereocenters. The average Bonchev–Trinajstić information content (AvgIpc) is 3.19. The number of rotatable bonds is 6. The minimum absolute atomic E-state index is 0.0214. The molecule has 26 heavy (non-hydrogen) atoms. The molecule has 0 radical (unpaired) electrons. The van der Waals surface area contributed by atoms with Crippen molar-refractivity contribution in [3.63, 3.8) is 0 Å². The Labute approximate surface area is 156 Å². The summed E-state index contributed by atoms with van der Waals surface area (Å²) in [6, 6.07) is 7.33. The van der Waals surface area contributed by atoms with Crippen molar-refractivity contribution in [1.29, 1.82) is 0 Å². The van der Waals surface area contributed by atoms with Crippen molar-refractivity contribution < 1.29 is 14.3 Å². The minimum atomic E-state index is 0.0214. The molecule has 2 fully saturated rings. The van der Waals surface area contributed by atoms with Crippen LogP contribution in [0, 0.1) is 11.8 Å². The second-order valence-electron chi connectivity index (χ2n) is 7.48. The Bertz CT molecular complexity index is 619. The summed E-state index contributed by atoms with van der Waals surface area (Å²) in [6.07, 6.45) is 6.45. The lowest BCUT2D eigenvalue weighted by Gasteiger charge is -2.24. The Morgan fingerprint density at radius 2 is 2.00 bits per heavy atom. The van der Waals surface area contributed by atoms with E-state index in [1.807, 2.05) is 30.0 Å². The molecule has 1 N–H and O–H groups in total. The molecule has 1 saturated heterocycles. The second kappa shape index (κ2) is 9.17. The van der Waals surface area contributed by atoms with E-state index in [4.69, 9.17) is 4.74 Å². The van der Waals surface area contributed by atoms with Gasteiger partial charge in [-0.3, -0.25) is 9.59 Å². The van der Waals surface area contributed by atoms with Gasteiger partial charge in [-0.1, -0.05) is 25.3 Å². The predicted octanol–water partition coefficient (Wildman–Crippen LogP) is 3.70. The molecule has 0 aromatic heterocycles. The third-order valence-corrected chi connectivity index (χ3v) is 5.52. The lowest BCUT2D eigenvalue weighted by molar-refractivity contribution is -0.120. The van der Waals surface area contributed by atoms with Crippen LogP contribution in [0.5, 0.6) is 0 Å². The zero-order valence-corrected chi connectivity index (χ0v) is 15.7. The van der Waals surface area contributed by atoms with Crippen LogP contribution in [0.25, 0.3) is 0 Å². The van der Waals surface area contributed by atoms with Crippen molar-refractivity contribution >= 4 is 17.5 Å². The molecule has 1 aliphatic heterocycles. The zero-order valence-electron chi connectivity index (χ0n) is 15.7. The van der Waals surface area contributed by atoms with Crippen LogP contribution in [0.4, 0.5) is 5.69 Å². The largest absolute Gasteiger partial charge is 0.381 e. The van der Waals surface area contributed by atoms with Crippen LogP contribution in [0.3, 0.4) is 0 Å². The monoisotopic (exact) mass is 358 g/mol. The van der Waals surface area contributed by atoms with E-state index >= 15 is 0 Å². The molecule has 2 amide bonds. The van der Waals surface area contributed by atoms with Gasteiger partial charge in [0.15, 0.2) is 0 Å². The smallest absolute Gasteiger partial charge is 0.253 e. The van der Waals surface area contributed by atoms with Crippen molar-refractivity contribution in [2.75, 3.05) is 31.6 Å². The molecule has 142 valence electrons. The molecule has 1 heterocycles. The highest BCUT2D eigenvalue weighted by molar-refractivity contribution is 5.97. The maximum atomic E-state index is 12.9. The van der Waals surface area contributed by atoms with Crippen molar-refractivity contribution in [3.8, 4) is 0 Å². The Balaban J connectivity index is 1.63. The third kappa shape index (κ3) is 4.85. The summed E-state index contributed by atoms with van der Waals surface area (Å²) >= 11 is 0. The fourth-order valence-electron chi connectivity index (χ4n) is 3.92. The molecule has 1 saturated carbocycles. The van der Waals surface area contributed by atoms with E-state index in [0.29, 0.717) is 23.7 Å². The Hall–Kier alpha value is -1.88. The summed E-state index contributed by atoms with van der Waals surface area (Å²) < 4.78 is 5.42. The predicted molar refractivity (Wildman–Crippen MR) is 102 cm³/mol. The van der Waals surface area contributed by atoms with Gasteiger partial charge in [-0.25, -0.2) is 0 Å². The van der Waals surface area contributed by atoms with Crippen molar-refractivity contribution in [2.24, 2.45) is 11.8 Å². The fourth-order valence-corrected chi connectivity index (χ4v) is 3.92. The number of ether oxygens (including phenoxy) is 1. The molecular weight excluding hydrogens is 328 g/mol. The topological polar surface area (TPSA) is 58.6 Å². The minimum Gasteiger partial charge on any atom is -0.381 e. The number of benzene rings is 1. The number of anilines is 1. The van der Waals surface area contributed by atoms with E-state index in [9.17, 15) is 9.59 Å². The van der Waals surface area contributed by atoms with Gasteiger partial charge in [0.05, 0.1) is 6.61 Å². The third-order valence-electron chi connectivity index (χ3n) is 5.52. The SMILES string of the molecule is CCN(CC1CCOC1)C(=O)c1cccc(NC(=O)C2CCCCC2)c1. The first-order chi connectivity index (χ1) is 12.7. The molecule has 1 aromatic rings. The lowest BCUT2D eigenvalue weighted by atomic mass is 9.88. The first-order valence-corrected chi connectivity index (χ1v) is 9.95. The van der Waals surface area contributed by atoms with Gasteiger partial charge in [0, 0.05) is 42.8 Å². The van der Waals surface area contributed by atoms with E-state index in [-0.39, 0.29) is 17.7 Å². The van der Waals surface area contributed by atoms with Crippen LogP contribution in [-0.2, 0) is 9.53 Å². The van der Waals surface area contributed by atoms with Gasteiger partial charge in [0.2, 0.25) is 5.91 Å². The van der Waals surface area contributed by atoms with Crippen LogP contribution in [-0.4, -0.2) is 43.0 Å². The summed E-state index contributed by atoms with van der Waals surface area (Å²) in [5.41, 5.74) is 1.35. The standard InChI is InChI=1S/C21H30N2O3/c1-2-23(14-16-11-12-26-15-16)21(25)18-9-6-10-19(13-18)22-20(24)17-7-4-3-5-8-17/h6,9-10,13,16-17H,2-5,7-8,11-12,14-15H2,1H3,(H,22,24). The first-order valence-electron chi connectivity index (χ1n) is 9.95. The number of hydrogen-bond acceptors (Lipinski definition) is 3. The second-order valence-corrected chi connectivity index (χ2v) is 7.48. The highest BCUT2D eigenvalue weighted by Gasteiger charge is 2.23. The molecule has 2 aliphatic rings. The molecular formula is C21H30N2O3. The average molecular weight is 358 g/mol. The molecule has 1 aromatic carbocycles. The van der Waals surface area contributed by atoms with Crippen LogP contribution >= 0.6 is 0 Å². The Morgan fingerprint density at radius 3 is 2.69 bits per heavy atom. The van der Waals surface area contributed by atoms with Gasteiger partial charge in [0.25, 0.3) is 5.91 Å². The number of carbonyl (C=O) groups is 2. The van der Waals surface area contributed by atoms with Crippen molar-refractivity contribution in [3.05, 3.63) is 29.8 Å². The van der Waals surface area contributed by atoms with Crippen LogP contribution in [0.15, 0.2) is 24.3 Å². The number of carbonyl (C=O) groups excluding carboxylic acids is 2. The normalized spacial score (nSPS) is 20.7. The maximum absolute atomic E-state index is 12.9. The molecule has 1 atom stereocenters. The molecule has 1 aliphatic carbocycles. The molecule has 0 bridgehead atoms. The van der Waals surface area contributed by atoms with E-state index in [1.165, 1.54) is 6.42 Å². The summed E-state index contributed by atoms with van der Waals surface area (Å²) in [5.74, 6) is 0.642. The van der Waals surface area contributed by atoms with Crippen molar-refractivity contribution in [1.82, 2.24) is 4.90 Å². The van der Waals surface area contributed by atoms with Gasteiger partial charge in [-0.05, 0) is 44.4 Å². The van der Waals surface area contributed by atoms with E-state index in [0.717, 1.165) is 51.9 Å². The zero-order chi connectivity index (χ0) is 18.4. The van der Waals surface area contributed by atoms with Crippen LogP contribution in [0.1, 0.15) is 55.8 Å². The fraction of sp³-hybridized carbons (Fsp3) is 0.619. The van der Waals surface area contributed by atoms with Gasteiger partial charge < -0.3 is 15.0 Å². The van der Waals surface area contributed by atoms with Gasteiger partial charge in [0.1, 0.15) is 0 Å². The van der Waals surface area contributed by atoms with Gasteiger partial charge >= 0.3 is 0 Å². The number of amides is 2. The Kier molecular flexibility index (Phi) is 6.67. The highest BCUT2D eigenvalue weighted by atomic mass is 16.5. The number of nitrogens with one attached hydrogen (secondary N) is 1. The quantitative estimate of drug-likeness (QED) is 0.843. The Morgan fingerprint density at radius 1 is 1.19 bits per heavy atom. The van der Waals surface area contributed by atoms with E-state index in [1.54, 1.807) is 6.07 Å². The molecule has 3 rings (SSSR count). The summed E-state index contributed by atoms with van der Waals surface area (Å²) in [5, 5.41) is 3.01. The summed E-state index contributed by atoms with van der Waals surface area (Å²) in [7, 11) is 0. The molecule has 5 heteroatoms. The highest BCUT2D eigenvalue weighted by Crippen LogP contribution is 2.25. The summed E-state index contributed by atoms with van der Waals surface area (Å²) in [4.78, 5) is 27.2. The van der Waals surface area contributed by atoms with Crippen molar-refractivity contribution in [2.45, 2.75) is 45.4 Å². The van der Waals surface area contributed by atoms with E-state index in [2.05, 4.69) is 5.32 Å².